The molecule has 2 amide bonds. The van der Waals surface area contributed by atoms with Crippen LogP contribution in [0.2, 0.25) is 0 Å². The summed E-state index contributed by atoms with van der Waals surface area (Å²) in [4.78, 5) is 39.4. The van der Waals surface area contributed by atoms with Crippen molar-refractivity contribution < 1.29 is 14.3 Å². The molecule has 1 aromatic rings. The number of carbonyl (C=O) groups excluding carboxylic acids is 2. The number of carbonyl (C=O) groups is 2. The number of nitrogens with one attached hydrogen (secondary N) is 1. The predicted octanol–water partition coefficient (Wildman–Crippen LogP) is 1.85. The van der Waals surface area contributed by atoms with Gasteiger partial charge in [-0.15, -0.1) is 0 Å². The zero-order valence-electron chi connectivity index (χ0n) is 15.8. The molecule has 1 saturated heterocycles. The average molecular weight is 373 g/mol. The third-order valence-electron chi connectivity index (χ3n) is 6.40. The molecule has 0 unspecified atom stereocenters. The lowest BCUT2D eigenvalue weighted by Gasteiger charge is -2.44. The van der Waals surface area contributed by atoms with Gasteiger partial charge in [-0.25, -0.2) is 9.59 Å². The van der Waals surface area contributed by atoms with Crippen LogP contribution in [0.4, 0.5) is 4.79 Å². The van der Waals surface area contributed by atoms with Gasteiger partial charge in [0.1, 0.15) is 5.54 Å². The number of piperidine rings is 1. The van der Waals surface area contributed by atoms with Crippen LogP contribution >= 0.6 is 0 Å². The van der Waals surface area contributed by atoms with Gasteiger partial charge in [0.25, 0.3) is 5.56 Å². The molecule has 2 atom stereocenters. The number of likely N-dealkylation sites (tertiary alicyclic amines) is 1. The van der Waals surface area contributed by atoms with E-state index in [1.54, 1.807) is 12.1 Å². The van der Waals surface area contributed by atoms with Crippen molar-refractivity contribution in [3.05, 3.63) is 34.2 Å². The lowest BCUT2D eigenvalue weighted by molar-refractivity contribution is -0.149. The highest BCUT2D eigenvalue weighted by Gasteiger charge is 2.44. The monoisotopic (exact) mass is 373 g/mol. The van der Waals surface area contributed by atoms with Crippen LogP contribution in [0.25, 0.3) is 0 Å². The first-order chi connectivity index (χ1) is 13.0. The molecule has 0 aromatic carbocycles. The van der Waals surface area contributed by atoms with Gasteiger partial charge in [-0.1, -0.05) is 25.3 Å². The van der Waals surface area contributed by atoms with Crippen molar-refractivity contribution in [2.75, 3.05) is 20.2 Å². The first kappa shape index (κ1) is 18.1. The second-order valence-electron chi connectivity index (χ2n) is 8.17. The molecule has 4 rings (SSSR count). The highest BCUT2D eigenvalue weighted by molar-refractivity contribution is 5.87. The Morgan fingerprint density at radius 2 is 1.93 bits per heavy atom. The summed E-state index contributed by atoms with van der Waals surface area (Å²) >= 11 is 0. The molecular weight excluding hydrogens is 346 g/mol. The number of esters is 1. The fraction of sp³-hybridized carbons (Fsp3) is 0.650. The average Bonchev–Trinajstić information content (AvgIpc) is 2.68. The summed E-state index contributed by atoms with van der Waals surface area (Å²) in [5, 5.41) is 3.02. The third-order valence-corrected chi connectivity index (χ3v) is 6.40. The van der Waals surface area contributed by atoms with Crippen molar-refractivity contribution in [3.63, 3.8) is 0 Å². The van der Waals surface area contributed by atoms with Crippen molar-refractivity contribution in [2.45, 2.75) is 56.5 Å². The van der Waals surface area contributed by atoms with E-state index < -0.39 is 5.54 Å². The van der Waals surface area contributed by atoms with Crippen LogP contribution in [-0.4, -0.2) is 47.2 Å². The minimum atomic E-state index is -0.897. The predicted molar refractivity (Wildman–Crippen MR) is 99.5 cm³/mol. The molecule has 1 N–H and O–H groups in total. The molecule has 3 aliphatic rings. The standard InChI is InChI=1S/C20H27N3O4/c1-27-18(25)20(8-3-2-4-9-20)21-19(26)22-11-14-10-15(13-22)16-6-5-7-17(24)23(16)12-14/h5-7,14-15H,2-4,8-13H2,1H3,(H,21,26)/t14-,15-/m1/s1. The van der Waals surface area contributed by atoms with Gasteiger partial charge in [-0.05, 0) is 31.2 Å². The molecule has 0 radical (unpaired) electrons. The van der Waals surface area contributed by atoms with Crippen LogP contribution in [-0.2, 0) is 16.1 Å². The Balaban J connectivity index is 1.52. The number of pyridine rings is 1. The van der Waals surface area contributed by atoms with E-state index in [1.807, 2.05) is 15.5 Å². The van der Waals surface area contributed by atoms with Crippen molar-refractivity contribution >= 4 is 12.0 Å². The molecule has 7 nitrogen and oxygen atoms in total. The van der Waals surface area contributed by atoms with Gasteiger partial charge in [0, 0.05) is 37.3 Å². The van der Waals surface area contributed by atoms with Gasteiger partial charge in [0.2, 0.25) is 0 Å². The Kier molecular flexibility index (Phi) is 4.70. The third kappa shape index (κ3) is 3.24. The van der Waals surface area contributed by atoms with Crippen molar-refractivity contribution in [2.24, 2.45) is 5.92 Å². The van der Waals surface area contributed by atoms with Gasteiger partial charge >= 0.3 is 12.0 Å². The van der Waals surface area contributed by atoms with Crippen molar-refractivity contribution in [1.82, 2.24) is 14.8 Å². The Morgan fingerprint density at radius 3 is 2.67 bits per heavy atom. The SMILES string of the molecule is COC(=O)C1(NC(=O)N2C[C@H]3C[C@H](C2)c2cccc(=O)n2C3)CCCCC1. The molecule has 2 bridgehead atoms. The van der Waals surface area contributed by atoms with E-state index in [1.165, 1.54) is 7.11 Å². The summed E-state index contributed by atoms with van der Waals surface area (Å²) in [5.74, 6) is 0.0877. The van der Waals surface area contributed by atoms with Crippen LogP contribution in [0.3, 0.4) is 0 Å². The molecule has 0 spiro atoms. The fourth-order valence-corrected chi connectivity index (χ4v) is 5.08. The Labute approximate surface area is 158 Å². The number of amides is 2. The van der Waals surface area contributed by atoms with E-state index in [-0.39, 0.29) is 29.4 Å². The molecule has 1 aromatic heterocycles. The second kappa shape index (κ2) is 7.02. The van der Waals surface area contributed by atoms with Crippen molar-refractivity contribution in [3.8, 4) is 0 Å². The van der Waals surface area contributed by atoms with Gasteiger partial charge in [-0.3, -0.25) is 4.79 Å². The lowest BCUT2D eigenvalue weighted by atomic mass is 9.81. The van der Waals surface area contributed by atoms with E-state index in [9.17, 15) is 14.4 Å². The first-order valence-corrected chi connectivity index (χ1v) is 9.88. The van der Waals surface area contributed by atoms with Crippen LogP contribution in [0.15, 0.2) is 23.0 Å². The molecule has 1 saturated carbocycles. The Morgan fingerprint density at radius 1 is 1.15 bits per heavy atom. The number of ether oxygens (including phenoxy) is 1. The fourth-order valence-electron chi connectivity index (χ4n) is 5.08. The maximum absolute atomic E-state index is 13.0. The van der Waals surface area contributed by atoms with Gasteiger partial charge in [0.05, 0.1) is 7.11 Å². The number of fused-ring (bicyclic) bond motifs is 4. The zero-order valence-corrected chi connectivity index (χ0v) is 15.8. The maximum Gasteiger partial charge on any atom is 0.331 e. The number of aromatic nitrogens is 1. The van der Waals surface area contributed by atoms with Crippen molar-refractivity contribution in [1.29, 1.82) is 0 Å². The summed E-state index contributed by atoms with van der Waals surface area (Å²) in [6, 6.07) is 5.18. The maximum atomic E-state index is 13.0. The molecular formula is C20H27N3O4. The second-order valence-corrected chi connectivity index (χ2v) is 8.17. The summed E-state index contributed by atoms with van der Waals surface area (Å²) in [6.07, 6.45) is 5.16. The van der Waals surface area contributed by atoms with E-state index in [0.29, 0.717) is 32.5 Å². The molecule has 146 valence electrons. The molecule has 27 heavy (non-hydrogen) atoms. The number of hydrogen-bond acceptors (Lipinski definition) is 4. The number of hydrogen-bond donors (Lipinski definition) is 1. The zero-order chi connectivity index (χ0) is 19.0. The lowest BCUT2D eigenvalue weighted by Crippen LogP contribution is -2.61. The van der Waals surface area contributed by atoms with E-state index in [4.69, 9.17) is 4.74 Å². The number of nitrogens with zero attached hydrogens (tertiary/aromatic N) is 2. The Bertz CT molecular complexity index is 797. The molecule has 2 fully saturated rings. The summed E-state index contributed by atoms with van der Waals surface area (Å²) in [5.41, 5.74) is 0.148. The summed E-state index contributed by atoms with van der Waals surface area (Å²) in [7, 11) is 1.38. The van der Waals surface area contributed by atoms with Crippen LogP contribution in [0.5, 0.6) is 0 Å². The van der Waals surface area contributed by atoms with E-state index in [0.717, 1.165) is 31.4 Å². The largest absolute Gasteiger partial charge is 0.467 e. The summed E-state index contributed by atoms with van der Waals surface area (Å²) in [6.45, 7) is 1.83. The number of methoxy groups -OCH3 is 1. The molecule has 7 heteroatoms. The normalized spacial score (nSPS) is 26.0. The minimum absolute atomic E-state index is 0.0342. The van der Waals surface area contributed by atoms with Gasteiger partial charge < -0.3 is 19.5 Å². The topological polar surface area (TPSA) is 80.6 Å². The molecule has 2 aliphatic heterocycles. The summed E-state index contributed by atoms with van der Waals surface area (Å²) < 4.78 is 6.86. The quantitative estimate of drug-likeness (QED) is 0.803. The highest BCUT2D eigenvalue weighted by Crippen LogP contribution is 2.35. The van der Waals surface area contributed by atoms with Gasteiger partial charge in [-0.2, -0.15) is 0 Å². The number of urea groups is 1. The van der Waals surface area contributed by atoms with E-state index in [2.05, 4.69) is 5.32 Å². The Hall–Kier alpha value is -2.31. The molecule has 1 aliphatic carbocycles. The van der Waals surface area contributed by atoms with Crippen LogP contribution < -0.4 is 10.9 Å². The smallest absolute Gasteiger partial charge is 0.331 e. The van der Waals surface area contributed by atoms with Crippen LogP contribution in [0, 0.1) is 5.92 Å². The molecule has 3 heterocycles. The number of rotatable bonds is 2. The highest BCUT2D eigenvalue weighted by atomic mass is 16.5. The first-order valence-electron chi connectivity index (χ1n) is 9.88. The minimum Gasteiger partial charge on any atom is -0.467 e. The van der Waals surface area contributed by atoms with Crippen LogP contribution in [0.1, 0.15) is 50.1 Å². The van der Waals surface area contributed by atoms with Gasteiger partial charge in [0.15, 0.2) is 0 Å². The van der Waals surface area contributed by atoms with E-state index >= 15 is 0 Å².